The Labute approximate surface area is 304 Å². The predicted molar refractivity (Wildman–Crippen MR) is 197 cm³/mol. The van der Waals surface area contributed by atoms with Gasteiger partial charge in [-0.3, -0.25) is 4.99 Å². The van der Waals surface area contributed by atoms with E-state index >= 15 is 4.39 Å². The smallest absolute Gasteiger partial charge is 0.243 e. The number of allylic oxidation sites excluding steroid dienone is 1. The van der Waals surface area contributed by atoms with Gasteiger partial charge in [0.25, 0.3) is 0 Å². The van der Waals surface area contributed by atoms with Crippen LogP contribution in [-0.4, -0.2) is 70.1 Å². The Morgan fingerprint density at radius 3 is 2.38 bits per heavy atom. The first kappa shape index (κ1) is 38.4. The second kappa shape index (κ2) is 15.0. The number of aliphatic imine (C=N–C) groups is 1. The van der Waals surface area contributed by atoms with Crippen LogP contribution in [0, 0.1) is 29.3 Å². The summed E-state index contributed by atoms with van der Waals surface area (Å²) in [7, 11) is 3.75. The Morgan fingerprint density at radius 1 is 1.04 bits per heavy atom. The Morgan fingerprint density at radius 2 is 1.74 bits per heavy atom. The highest BCUT2D eigenvalue weighted by atomic mass is 35.5. The van der Waals surface area contributed by atoms with Crippen molar-refractivity contribution >= 4 is 38.4 Å². The molecule has 3 aromatic carbocycles. The van der Waals surface area contributed by atoms with Gasteiger partial charge in [-0.2, -0.15) is 4.31 Å². The van der Waals surface area contributed by atoms with Crippen LogP contribution in [0.3, 0.4) is 0 Å². The van der Waals surface area contributed by atoms with E-state index in [-0.39, 0.29) is 50.6 Å². The molecular formula is C38H46ClF3N3O3S2+. The van der Waals surface area contributed by atoms with Gasteiger partial charge in [-0.05, 0) is 71.4 Å². The maximum atomic E-state index is 15.7. The SMILES string of the molecule is COc1cc(C(C)(C)C2=CN=C(SCc3c(F)cc(S(=O)(=O)N4CCC(C[N+](C)(C)C)C4)cc3Cl)CC(c3ccc(F)cc3)C2C)ccc1F. The fourth-order valence-corrected chi connectivity index (χ4v) is 10.2. The average molecular weight is 749 g/mol. The van der Waals surface area contributed by atoms with Crippen molar-refractivity contribution in [2.24, 2.45) is 16.8 Å². The highest BCUT2D eigenvalue weighted by Gasteiger charge is 2.37. The van der Waals surface area contributed by atoms with Crippen molar-refractivity contribution in [2.45, 2.75) is 55.6 Å². The van der Waals surface area contributed by atoms with Crippen LogP contribution in [0.5, 0.6) is 5.75 Å². The standard InChI is InChI=1S/C38H46ClF3N3O3S2/c1-24-30(26-8-11-28(40)12-9-26)19-37(43-20-32(24)38(2,3)27-10-13-34(41)36(16-27)48-7)49-23-31-33(39)17-29(18-35(31)42)50(46,47)44-15-14-25(21-44)22-45(4,5)6/h8-13,16-18,20,24-25,30H,14-15,19,21-23H2,1-7H3/q+1. The van der Waals surface area contributed by atoms with Gasteiger partial charge in [-0.15, -0.1) is 11.8 Å². The zero-order chi connectivity index (χ0) is 36.6. The first-order valence-electron chi connectivity index (χ1n) is 16.7. The van der Waals surface area contributed by atoms with Gasteiger partial charge in [-0.1, -0.05) is 50.6 Å². The highest BCUT2D eigenvalue weighted by molar-refractivity contribution is 8.13. The molecule has 0 aliphatic carbocycles. The van der Waals surface area contributed by atoms with Gasteiger partial charge in [0.05, 0.1) is 44.7 Å². The van der Waals surface area contributed by atoms with Crippen molar-refractivity contribution in [2.75, 3.05) is 47.9 Å². The van der Waals surface area contributed by atoms with Crippen LogP contribution >= 0.6 is 23.4 Å². The summed E-state index contributed by atoms with van der Waals surface area (Å²) in [4.78, 5) is 4.74. The number of nitrogens with zero attached hydrogens (tertiary/aromatic N) is 3. The van der Waals surface area contributed by atoms with Crippen LogP contribution in [0.15, 0.2) is 76.3 Å². The van der Waals surface area contributed by atoms with E-state index in [1.807, 2.05) is 20.0 Å². The number of quaternary nitrogens is 1. The molecule has 2 aliphatic heterocycles. The maximum absolute atomic E-state index is 15.7. The molecule has 3 aromatic rings. The molecule has 6 nitrogen and oxygen atoms in total. The first-order valence-corrected chi connectivity index (χ1v) is 19.5. The second-order valence-electron chi connectivity index (χ2n) is 14.9. The molecule has 0 bridgehead atoms. The summed E-state index contributed by atoms with van der Waals surface area (Å²) >= 11 is 7.93. The molecule has 2 aliphatic rings. The topological polar surface area (TPSA) is 59.0 Å². The molecule has 2 heterocycles. The molecule has 3 atom stereocenters. The van der Waals surface area contributed by atoms with Gasteiger partial charge >= 0.3 is 0 Å². The minimum atomic E-state index is -3.92. The van der Waals surface area contributed by atoms with Gasteiger partial charge in [0.15, 0.2) is 11.6 Å². The Balaban J connectivity index is 1.42. The van der Waals surface area contributed by atoms with Crippen molar-refractivity contribution < 1.29 is 30.8 Å². The third-order valence-corrected chi connectivity index (χ3v) is 13.1. The van der Waals surface area contributed by atoms with E-state index in [2.05, 4.69) is 28.1 Å². The average Bonchev–Trinajstić information content (AvgIpc) is 3.43. The number of sulfonamides is 1. The zero-order valence-corrected chi connectivity index (χ0v) is 32.0. The number of thioether (sulfide) groups is 1. The fourth-order valence-electron chi connectivity index (χ4n) is 7.16. The molecule has 5 rings (SSSR count). The van der Waals surface area contributed by atoms with Gasteiger partial charge < -0.3 is 9.22 Å². The second-order valence-corrected chi connectivity index (χ2v) is 18.3. The molecule has 0 N–H and O–H groups in total. The summed E-state index contributed by atoms with van der Waals surface area (Å²) < 4.78 is 78.5. The largest absolute Gasteiger partial charge is 0.494 e. The van der Waals surface area contributed by atoms with Crippen molar-refractivity contribution in [3.8, 4) is 5.75 Å². The van der Waals surface area contributed by atoms with Crippen LogP contribution < -0.4 is 4.74 Å². The maximum Gasteiger partial charge on any atom is 0.243 e. The molecule has 0 radical (unpaired) electrons. The van der Waals surface area contributed by atoms with Crippen molar-refractivity contribution in [1.82, 2.24) is 4.31 Å². The van der Waals surface area contributed by atoms with Crippen molar-refractivity contribution in [3.63, 3.8) is 0 Å². The molecule has 0 aromatic heterocycles. The van der Waals surface area contributed by atoms with E-state index in [0.29, 0.717) is 19.5 Å². The monoisotopic (exact) mass is 748 g/mol. The first-order chi connectivity index (χ1) is 23.4. The van der Waals surface area contributed by atoms with Gasteiger partial charge in [0, 0.05) is 53.4 Å². The van der Waals surface area contributed by atoms with Crippen molar-refractivity contribution in [3.05, 3.63) is 106 Å². The Kier molecular flexibility index (Phi) is 11.5. The third kappa shape index (κ3) is 8.44. The Hall–Kier alpha value is -2.83. The summed E-state index contributed by atoms with van der Waals surface area (Å²) in [5.74, 6) is -1.14. The minimum Gasteiger partial charge on any atom is -0.494 e. The van der Waals surface area contributed by atoms with E-state index in [9.17, 15) is 17.2 Å². The van der Waals surface area contributed by atoms with Crippen LogP contribution in [0.25, 0.3) is 0 Å². The number of hydrogen-bond acceptors (Lipinski definition) is 5. The molecule has 12 heteroatoms. The molecule has 0 amide bonds. The number of hydrogen-bond donors (Lipinski definition) is 0. The van der Waals surface area contributed by atoms with E-state index in [4.69, 9.17) is 21.3 Å². The number of methoxy groups -OCH3 is 1. The fraction of sp³-hybridized carbons (Fsp3) is 0.447. The molecule has 0 saturated carbocycles. The lowest BCUT2D eigenvalue weighted by molar-refractivity contribution is -0.873. The molecule has 0 spiro atoms. The van der Waals surface area contributed by atoms with Crippen LogP contribution in [-0.2, 0) is 21.2 Å². The molecule has 3 unspecified atom stereocenters. The van der Waals surface area contributed by atoms with Crippen LogP contribution in [0.1, 0.15) is 56.2 Å². The summed E-state index contributed by atoms with van der Waals surface area (Å²) in [6, 6.07) is 13.7. The van der Waals surface area contributed by atoms with Crippen LogP contribution in [0.4, 0.5) is 13.2 Å². The van der Waals surface area contributed by atoms with Crippen molar-refractivity contribution in [1.29, 1.82) is 0 Å². The number of rotatable bonds is 10. The normalized spacial score (nSPS) is 20.7. The lowest BCUT2D eigenvalue weighted by Crippen LogP contribution is -2.40. The predicted octanol–water partition coefficient (Wildman–Crippen LogP) is 8.80. The molecular weight excluding hydrogens is 703 g/mol. The lowest BCUT2D eigenvalue weighted by atomic mass is 9.68. The van der Waals surface area contributed by atoms with E-state index in [1.165, 1.54) is 47.4 Å². The van der Waals surface area contributed by atoms with Crippen LogP contribution in [0.2, 0.25) is 5.02 Å². The van der Waals surface area contributed by atoms with E-state index in [1.54, 1.807) is 24.3 Å². The molecule has 1 saturated heterocycles. The van der Waals surface area contributed by atoms with E-state index < -0.39 is 27.1 Å². The zero-order valence-electron chi connectivity index (χ0n) is 29.6. The summed E-state index contributed by atoms with van der Waals surface area (Å²) in [5, 5.41) is 0.764. The lowest BCUT2D eigenvalue weighted by Gasteiger charge is -2.35. The Bertz CT molecular complexity index is 1870. The van der Waals surface area contributed by atoms with Gasteiger partial charge in [0.2, 0.25) is 10.0 Å². The molecule has 1 fully saturated rings. The minimum absolute atomic E-state index is 0.0403. The molecule has 50 heavy (non-hydrogen) atoms. The summed E-state index contributed by atoms with van der Waals surface area (Å²) in [6.45, 7) is 7.83. The summed E-state index contributed by atoms with van der Waals surface area (Å²) in [6.07, 6.45) is 3.09. The quantitative estimate of drug-likeness (QED) is 0.195. The third-order valence-electron chi connectivity index (χ3n) is 9.92. The highest BCUT2D eigenvalue weighted by Crippen LogP contribution is 2.46. The van der Waals surface area contributed by atoms with Gasteiger partial charge in [-0.25, -0.2) is 21.6 Å². The summed E-state index contributed by atoms with van der Waals surface area (Å²) in [5.41, 5.74) is 2.37. The number of halogens is 4. The van der Waals surface area contributed by atoms with E-state index in [0.717, 1.165) is 45.3 Å². The molecule has 270 valence electrons. The number of ether oxygens (including phenoxy) is 1. The van der Waals surface area contributed by atoms with Gasteiger partial charge in [0.1, 0.15) is 11.6 Å². The number of benzene rings is 3.